The normalized spacial score (nSPS) is 10.2. The van der Waals surface area contributed by atoms with E-state index < -0.39 is 0 Å². The molecule has 2 rings (SSSR count). The van der Waals surface area contributed by atoms with Crippen LogP contribution < -0.4 is 15.4 Å². The van der Waals surface area contributed by atoms with Crippen molar-refractivity contribution >= 4 is 11.6 Å². The van der Waals surface area contributed by atoms with E-state index in [4.69, 9.17) is 13.9 Å². The highest BCUT2D eigenvalue weighted by molar-refractivity contribution is 5.80. The minimum Gasteiger partial charge on any atom is -0.491 e. The van der Waals surface area contributed by atoms with Gasteiger partial charge >= 0.3 is 0 Å². The number of amides is 1. The van der Waals surface area contributed by atoms with Crippen molar-refractivity contribution < 1.29 is 18.7 Å². The number of hydrogen-bond donors (Lipinski definition) is 2. The molecule has 0 radical (unpaired) electrons. The van der Waals surface area contributed by atoms with Gasteiger partial charge in [0.25, 0.3) is 0 Å². The molecule has 0 aliphatic heterocycles. The van der Waals surface area contributed by atoms with Crippen molar-refractivity contribution in [3.8, 4) is 5.75 Å². The summed E-state index contributed by atoms with van der Waals surface area (Å²) in [5.74, 6) is 1.35. The summed E-state index contributed by atoms with van der Waals surface area (Å²) in [7, 11) is 1.63. The summed E-state index contributed by atoms with van der Waals surface area (Å²) in [5, 5.41) is 5.82. The number of carbonyl (C=O) groups excluding carboxylic acids is 1. The Bertz CT molecular complexity index is 569. The first kappa shape index (κ1) is 15.9. The van der Waals surface area contributed by atoms with Gasteiger partial charge in [0.05, 0.1) is 26.0 Å². The van der Waals surface area contributed by atoms with Gasteiger partial charge in [-0.2, -0.15) is 0 Å². The zero-order valence-electron chi connectivity index (χ0n) is 12.5. The van der Waals surface area contributed by atoms with Crippen LogP contribution in [0.1, 0.15) is 5.76 Å². The van der Waals surface area contributed by atoms with Crippen LogP contribution in [0, 0.1) is 0 Å². The molecule has 0 saturated carbocycles. The Morgan fingerprint density at radius 2 is 2.14 bits per heavy atom. The van der Waals surface area contributed by atoms with Gasteiger partial charge in [-0.05, 0) is 24.3 Å². The van der Waals surface area contributed by atoms with Gasteiger partial charge in [-0.3, -0.25) is 4.79 Å². The highest BCUT2D eigenvalue weighted by atomic mass is 16.5. The largest absolute Gasteiger partial charge is 0.491 e. The van der Waals surface area contributed by atoms with Crippen LogP contribution in [0.4, 0.5) is 5.69 Å². The highest BCUT2D eigenvalue weighted by Crippen LogP contribution is 2.16. The number of carbonyl (C=O) groups is 1. The maximum Gasteiger partial charge on any atom is 0.239 e. The Hall–Kier alpha value is -2.47. The van der Waals surface area contributed by atoms with Gasteiger partial charge in [0.1, 0.15) is 18.1 Å². The molecule has 6 heteroatoms. The molecule has 22 heavy (non-hydrogen) atoms. The van der Waals surface area contributed by atoms with Crippen molar-refractivity contribution in [3.63, 3.8) is 0 Å². The molecule has 0 fully saturated rings. The second-order valence-corrected chi connectivity index (χ2v) is 4.58. The number of methoxy groups -OCH3 is 1. The molecule has 0 atom stereocenters. The highest BCUT2D eigenvalue weighted by Gasteiger charge is 2.03. The number of furan rings is 1. The minimum absolute atomic E-state index is 0.109. The van der Waals surface area contributed by atoms with E-state index in [1.54, 1.807) is 19.4 Å². The molecule has 0 saturated heterocycles. The monoisotopic (exact) mass is 304 g/mol. The second-order valence-electron chi connectivity index (χ2n) is 4.58. The zero-order valence-corrected chi connectivity index (χ0v) is 12.5. The van der Waals surface area contributed by atoms with Crippen LogP contribution in [0.2, 0.25) is 0 Å². The van der Waals surface area contributed by atoms with E-state index in [0.29, 0.717) is 19.8 Å². The van der Waals surface area contributed by atoms with E-state index in [-0.39, 0.29) is 12.5 Å². The van der Waals surface area contributed by atoms with Crippen LogP contribution in [0.25, 0.3) is 0 Å². The van der Waals surface area contributed by atoms with E-state index in [2.05, 4.69) is 10.6 Å². The topological polar surface area (TPSA) is 72.7 Å². The molecular formula is C16H20N2O4. The fourth-order valence-corrected chi connectivity index (χ4v) is 1.78. The van der Waals surface area contributed by atoms with Crippen LogP contribution in [-0.2, 0) is 16.1 Å². The molecule has 0 unspecified atom stereocenters. The lowest BCUT2D eigenvalue weighted by molar-refractivity contribution is -0.119. The predicted molar refractivity (Wildman–Crippen MR) is 82.9 cm³/mol. The van der Waals surface area contributed by atoms with Crippen LogP contribution in [0.3, 0.4) is 0 Å². The summed E-state index contributed by atoms with van der Waals surface area (Å²) in [4.78, 5) is 11.7. The smallest absolute Gasteiger partial charge is 0.239 e. The summed E-state index contributed by atoms with van der Waals surface area (Å²) in [6.07, 6.45) is 1.58. The molecule has 0 spiro atoms. The average molecular weight is 304 g/mol. The molecule has 118 valence electrons. The minimum atomic E-state index is -0.109. The molecule has 0 aliphatic rings. The van der Waals surface area contributed by atoms with E-state index in [1.807, 2.05) is 30.3 Å². The molecular weight excluding hydrogens is 284 g/mol. The van der Waals surface area contributed by atoms with Crippen LogP contribution >= 0.6 is 0 Å². The van der Waals surface area contributed by atoms with Crippen LogP contribution in [-0.4, -0.2) is 32.8 Å². The fourth-order valence-electron chi connectivity index (χ4n) is 1.78. The van der Waals surface area contributed by atoms with Crippen LogP contribution in [0.5, 0.6) is 5.75 Å². The molecule has 2 N–H and O–H groups in total. The summed E-state index contributed by atoms with van der Waals surface area (Å²) >= 11 is 0. The van der Waals surface area contributed by atoms with Crippen molar-refractivity contribution in [2.24, 2.45) is 0 Å². The number of benzene rings is 1. The quantitative estimate of drug-likeness (QED) is 0.694. The van der Waals surface area contributed by atoms with Gasteiger partial charge in [0.2, 0.25) is 5.91 Å². The number of nitrogens with one attached hydrogen (secondary N) is 2. The molecule has 1 aromatic heterocycles. The maximum absolute atomic E-state index is 11.7. The Balaban J connectivity index is 1.73. The van der Waals surface area contributed by atoms with E-state index in [1.165, 1.54) is 0 Å². The molecule has 6 nitrogen and oxygen atoms in total. The van der Waals surface area contributed by atoms with Gasteiger partial charge in [-0.15, -0.1) is 0 Å². The predicted octanol–water partition coefficient (Wildman–Crippen LogP) is 2.03. The average Bonchev–Trinajstić information content (AvgIpc) is 3.05. The molecule has 1 amide bonds. The Morgan fingerprint density at radius 1 is 1.23 bits per heavy atom. The Labute approximate surface area is 129 Å². The van der Waals surface area contributed by atoms with Gasteiger partial charge in [0.15, 0.2) is 0 Å². The molecule has 0 bridgehead atoms. The van der Waals surface area contributed by atoms with Gasteiger partial charge in [-0.25, -0.2) is 0 Å². The third-order valence-corrected chi connectivity index (χ3v) is 2.88. The second kappa shape index (κ2) is 8.74. The Kier molecular flexibility index (Phi) is 6.32. The number of ether oxygens (including phenoxy) is 2. The summed E-state index contributed by atoms with van der Waals surface area (Å²) < 4.78 is 15.6. The van der Waals surface area contributed by atoms with Crippen molar-refractivity contribution in [3.05, 3.63) is 48.4 Å². The summed E-state index contributed by atoms with van der Waals surface area (Å²) in [6.45, 7) is 1.59. The van der Waals surface area contributed by atoms with Crippen LogP contribution in [0.15, 0.2) is 47.1 Å². The molecule has 0 aliphatic carbocycles. The van der Waals surface area contributed by atoms with E-state index in [9.17, 15) is 4.79 Å². The first-order valence-electron chi connectivity index (χ1n) is 7.02. The summed E-state index contributed by atoms with van der Waals surface area (Å²) in [5.41, 5.74) is 0.822. The lowest BCUT2D eigenvalue weighted by atomic mass is 10.3. The third-order valence-electron chi connectivity index (χ3n) is 2.88. The molecule has 2 aromatic rings. The number of anilines is 1. The Morgan fingerprint density at radius 3 is 2.91 bits per heavy atom. The van der Waals surface area contributed by atoms with Crippen molar-refractivity contribution in [1.29, 1.82) is 0 Å². The number of hydrogen-bond acceptors (Lipinski definition) is 5. The zero-order chi connectivity index (χ0) is 15.6. The fraction of sp³-hybridized carbons (Fsp3) is 0.312. The van der Waals surface area contributed by atoms with Gasteiger partial charge in [-0.1, -0.05) is 6.07 Å². The van der Waals surface area contributed by atoms with Gasteiger partial charge in [0, 0.05) is 18.9 Å². The van der Waals surface area contributed by atoms with Crippen molar-refractivity contribution in [2.45, 2.75) is 6.54 Å². The van der Waals surface area contributed by atoms with Crippen molar-refractivity contribution in [1.82, 2.24) is 5.32 Å². The standard InChI is InChI=1S/C16H20N2O4/c1-20-8-9-22-14-5-2-4-13(10-14)17-12-16(19)18-11-15-6-3-7-21-15/h2-7,10,17H,8-9,11-12H2,1H3,(H,18,19). The lowest BCUT2D eigenvalue weighted by Gasteiger charge is -2.09. The first-order valence-corrected chi connectivity index (χ1v) is 7.02. The van der Waals surface area contributed by atoms with E-state index in [0.717, 1.165) is 17.2 Å². The number of rotatable bonds is 9. The SMILES string of the molecule is COCCOc1cccc(NCC(=O)NCc2ccco2)c1. The lowest BCUT2D eigenvalue weighted by Crippen LogP contribution is -2.29. The molecule has 1 heterocycles. The third kappa shape index (κ3) is 5.49. The maximum atomic E-state index is 11.7. The first-order chi connectivity index (χ1) is 10.8. The van der Waals surface area contributed by atoms with Crippen molar-refractivity contribution in [2.75, 3.05) is 32.2 Å². The molecule has 1 aromatic carbocycles. The summed E-state index contributed by atoms with van der Waals surface area (Å²) in [6, 6.07) is 11.0. The van der Waals surface area contributed by atoms with E-state index >= 15 is 0 Å². The van der Waals surface area contributed by atoms with Gasteiger partial charge < -0.3 is 24.5 Å².